The highest BCUT2D eigenvalue weighted by atomic mass is 16.3. The van der Waals surface area contributed by atoms with Crippen molar-refractivity contribution >= 4 is 16.8 Å². The average Bonchev–Trinajstić information content (AvgIpc) is 2.35. The molecule has 0 amide bonds. The van der Waals surface area contributed by atoms with Crippen LogP contribution in [0.3, 0.4) is 0 Å². The maximum atomic E-state index is 9.92. The van der Waals surface area contributed by atoms with Gasteiger partial charge in [0.2, 0.25) is 0 Å². The molecule has 0 radical (unpaired) electrons. The Morgan fingerprint density at radius 2 is 2.06 bits per heavy atom. The summed E-state index contributed by atoms with van der Waals surface area (Å²) >= 11 is 0. The van der Waals surface area contributed by atoms with Crippen LogP contribution in [-0.2, 0) is 6.42 Å². The summed E-state index contributed by atoms with van der Waals surface area (Å²) in [6.45, 7) is 0. The van der Waals surface area contributed by atoms with Crippen LogP contribution in [0.2, 0.25) is 0 Å². The lowest BCUT2D eigenvalue weighted by atomic mass is 9.75. The molecular formula is C16H14O. The van der Waals surface area contributed by atoms with E-state index in [1.807, 2.05) is 0 Å². The summed E-state index contributed by atoms with van der Waals surface area (Å²) in [6.07, 6.45) is 5.96. The van der Waals surface area contributed by atoms with E-state index in [2.05, 4.69) is 42.5 Å². The average molecular weight is 222 g/mol. The van der Waals surface area contributed by atoms with Gasteiger partial charge in [-0.1, -0.05) is 42.5 Å². The van der Waals surface area contributed by atoms with E-state index in [9.17, 15) is 5.11 Å². The largest absolute Gasteiger partial charge is 0.393 e. The van der Waals surface area contributed by atoms with E-state index in [-0.39, 0.29) is 6.10 Å². The van der Waals surface area contributed by atoms with Crippen LogP contribution in [0.15, 0.2) is 36.4 Å². The lowest BCUT2D eigenvalue weighted by molar-refractivity contribution is 0.153. The minimum absolute atomic E-state index is 0.181. The molecule has 1 N–H and O–H groups in total. The van der Waals surface area contributed by atoms with Gasteiger partial charge in [-0.05, 0) is 40.3 Å². The third-order valence-corrected chi connectivity index (χ3v) is 4.07. The summed E-state index contributed by atoms with van der Waals surface area (Å²) in [6, 6.07) is 10.9. The second-order valence-corrected chi connectivity index (χ2v) is 5.14. The topological polar surface area (TPSA) is 20.2 Å². The minimum atomic E-state index is -0.181. The minimum Gasteiger partial charge on any atom is -0.393 e. The normalized spacial score (nSPS) is 25.2. The number of aliphatic hydroxyl groups excluding tert-OH is 1. The van der Waals surface area contributed by atoms with E-state index in [0.29, 0.717) is 5.92 Å². The summed E-state index contributed by atoms with van der Waals surface area (Å²) in [5.74, 6) is 0.410. The maximum Gasteiger partial charge on any atom is 0.0589 e. The first-order chi connectivity index (χ1) is 8.33. The predicted molar refractivity (Wildman–Crippen MR) is 70.1 cm³/mol. The second kappa shape index (κ2) is 3.21. The molecule has 2 aromatic rings. The van der Waals surface area contributed by atoms with Gasteiger partial charge in [-0.3, -0.25) is 0 Å². The number of rotatable bonds is 0. The Bertz CT molecular complexity index is 639. The van der Waals surface area contributed by atoms with E-state index in [0.717, 1.165) is 12.8 Å². The summed E-state index contributed by atoms with van der Waals surface area (Å²) < 4.78 is 0. The fraction of sp³-hybridized carbons (Fsp3) is 0.250. The van der Waals surface area contributed by atoms with Crippen molar-refractivity contribution < 1.29 is 5.11 Å². The summed E-state index contributed by atoms with van der Waals surface area (Å²) in [7, 11) is 0. The first kappa shape index (κ1) is 9.43. The van der Waals surface area contributed by atoms with Crippen molar-refractivity contribution in [1.29, 1.82) is 0 Å². The highest BCUT2D eigenvalue weighted by molar-refractivity contribution is 5.96. The Morgan fingerprint density at radius 3 is 3.00 bits per heavy atom. The van der Waals surface area contributed by atoms with E-state index < -0.39 is 0 Å². The Labute approximate surface area is 100 Å². The lowest BCUT2D eigenvalue weighted by Gasteiger charge is -2.31. The Kier molecular flexibility index (Phi) is 1.78. The van der Waals surface area contributed by atoms with Gasteiger partial charge in [0.25, 0.3) is 0 Å². The van der Waals surface area contributed by atoms with Gasteiger partial charge < -0.3 is 5.11 Å². The Morgan fingerprint density at radius 1 is 1.12 bits per heavy atom. The molecule has 0 saturated heterocycles. The van der Waals surface area contributed by atoms with Crippen LogP contribution in [0.1, 0.15) is 29.0 Å². The molecular weight excluding hydrogens is 208 g/mol. The van der Waals surface area contributed by atoms with Gasteiger partial charge >= 0.3 is 0 Å². The number of allylic oxidation sites excluding steroid dienone is 1. The SMILES string of the molecule is OC1Cc2ccc3cccc4c3c2C(C=C4)C1. The quantitative estimate of drug-likeness (QED) is 0.725. The van der Waals surface area contributed by atoms with E-state index in [1.54, 1.807) is 0 Å². The first-order valence-corrected chi connectivity index (χ1v) is 6.24. The van der Waals surface area contributed by atoms with Crippen LogP contribution in [0.25, 0.3) is 16.8 Å². The highest BCUT2D eigenvalue weighted by Crippen LogP contribution is 2.42. The molecule has 0 spiro atoms. The van der Waals surface area contributed by atoms with Crippen LogP contribution in [0.4, 0.5) is 0 Å². The molecule has 1 heteroatoms. The van der Waals surface area contributed by atoms with Crippen molar-refractivity contribution in [1.82, 2.24) is 0 Å². The van der Waals surface area contributed by atoms with Crippen LogP contribution in [0, 0.1) is 0 Å². The summed E-state index contributed by atoms with van der Waals surface area (Å²) in [5.41, 5.74) is 4.12. The molecule has 0 fully saturated rings. The lowest BCUT2D eigenvalue weighted by Crippen LogP contribution is -2.23. The molecule has 0 aromatic heterocycles. The van der Waals surface area contributed by atoms with Crippen LogP contribution < -0.4 is 0 Å². The molecule has 1 nitrogen and oxygen atoms in total. The van der Waals surface area contributed by atoms with E-state index in [1.165, 1.54) is 27.5 Å². The molecule has 17 heavy (non-hydrogen) atoms. The smallest absolute Gasteiger partial charge is 0.0589 e. The van der Waals surface area contributed by atoms with Crippen LogP contribution >= 0.6 is 0 Å². The number of hydrogen-bond donors (Lipinski definition) is 1. The molecule has 2 unspecified atom stereocenters. The third-order valence-electron chi connectivity index (χ3n) is 4.07. The molecule has 2 aliphatic carbocycles. The van der Waals surface area contributed by atoms with Crippen molar-refractivity contribution in [2.45, 2.75) is 24.9 Å². The third kappa shape index (κ3) is 1.23. The standard InChI is InChI=1S/C16H14O/c17-14-8-12-6-4-10-2-1-3-11-5-7-13(9-14)16(12)15(10)11/h1-7,12,14,17H,8-9H2. The van der Waals surface area contributed by atoms with Gasteiger partial charge in [0, 0.05) is 5.92 Å². The first-order valence-electron chi connectivity index (χ1n) is 6.24. The number of aliphatic hydroxyl groups is 1. The van der Waals surface area contributed by atoms with Crippen LogP contribution in [-0.4, -0.2) is 11.2 Å². The van der Waals surface area contributed by atoms with Gasteiger partial charge in [0.05, 0.1) is 6.10 Å². The van der Waals surface area contributed by atoms with E-state index >= 15 is 0 Å². The van der Waals surface area contributed by atoms with Gasteiger partial charge in [-0.2, -0.15) is 0 Å². The molecule has 84 valence electrons. The Balaban J connectivity index is 2.14. The number of hydrogen-bond acceptors (Lipinski definition) is 1. The van der Waals surface area contributed by atoms with Crippen LogP contribution in [0.5, 0.6) is 0 Å². The molecule has 0 heterocycles. The molecule has 2 aliphatic rings. The molecule has 2 aromatic carbocycles. The highest BCUT2D eigenvalue weighted by Gasteiger charge is 2.28. The number of benzene rings is 2. The monoisotopic (exact) mass is 222 g/mol. The molecule has 0 saturated carbocycles. The van der Waals surface area contributed by atoms with Crippen molar-refractivity contribution in [3.8, 4) is 0 Å². The van der Waals surface area contributed by atoms with Gasteiger partial charge in [-0.25, -0.2) is 0 Å². The van der Waals surface area contributed by atoms with Crippen molar-refractivity contribution in [3.05, 3.63) is 53.1 Å². The van der Waals surface area contributed by atoms with Crippen molar-refractivity contribution in [2.24, 2.45) is 0 Å². The zero-order chi connectivity index (χ0) is 11.4. The van der Waals surface area contributed by atoms with E-state index in [4.69, 9.17) is 0 Å². The zero-order valence-corrected chi connectivity index (χ0v) is 9.56. The van der Waals surface area contributed by atoms with Crippen molar-refractivity contribution in [3.63, 3.8) is 0 Å². The molecule has 0 bridgehead atoms. The maximum absolute atomic E-state index is 9.92. The fourth-order valence-corrected chi connectivity index (χ4v) is 3.36. The molecule has 2 atom stereocenters. The Hall–Kier alpha value is -1.60. The summed E-state index contributed by atoms with van der Waals surface area (Å²) in [5, 5.41) is 12.6. The van der Waals surface area contributed by atoms with Gasteiger partial charge in [-0.15, -0.1) is 0 Å². The molecule has 4 rings (SSSR count). The molecule has 0 aliphatic heterocycles. The van der Waals surface area contributed by atoms with Crippen molar-refractivity contribution in [2.75, 3.05) is 0 Å². The fourth-order valence-electron chi connectivity index (χ4n) is 3.36. The van der Waals surface area contributed by atoms with Gasteiger partial charge in [0.15, 0.2) is 0 Å². The van der Waals surface area contributed by atoms with Gasteiger partial charge in [0.1, 0.15) is 0 Å². The zero-order valence-electron chi connectivity index (χ0n) is 9.56. The second-order valence-electron chi connectivity index (χ2n) is 5.14. The predicted octanol–water partition coefficient (Wildman–Crippen LogP) is 3.26. The summed E-state index contributed by atoms with van der Waals surface area (Å²) in [4.78, 5) is 0.